The number of nitrogens with zero attached hydrogens (tertiary/aromatic N) is 10. The van der Waals surface area contributed by atoms with Crippen LogP contribution in [0, 0.1) is 0 Å². The standard InChI is InChI=1S/C50H31N5.C30H19BrN2.C26H24BN3O2.H2/c1-2-21-42-41(20-1)48(52-50-49(42)51-47-26-11-12-27-53(47)50)33-15-13-14-32(28-33)34-29-35(54-43-22-7-3-16-37(43)38-17-4-8-23-44(38)54)31-36(30-34)55-45-24-9-5-18-39(45)40-19-6-10-25-46(40)55;31-20-17-21(32-27-13-5-1-9-23(27)24-10-2-6-14-28(24)32)19-22(18-20)33-29-15-7-3-11-25(29)26-12-4-8-16-30(26)33;1-25(2)26(3,4)32-27(31-25)18-11-9-10-17(16-18)22-19-12-5-6-13-20(19)23-24(29-22)30-15-8-7-14-21(30)28-23;/h1-31H;1-19H;5-16H,1-4H3;1H/i;;;1+1. The zero-order valence-corrected chi connectivity index (χ0v) is 67.6. The quantitative estimate of drug-likeness (QED) is 0.141. The lowest BCUT2D eigenvalue weighted by Crippen LogP contribution is -2.41. The minimum atomic E-state index is -0.411. The molecule has 572 valence electrons. The van der Waals surface area contributed by atoms with Gasteiger partial charge in [0.2, 0.25) is 0 Å². The molecular weight excluding hydrogens is 1540 g/mol. The lowest BCUT2D eigenvalue weighted by molar-refractivity contribution is 0.00578. The van der Waals surface area contributed by atoms with Crippen LogP contribution in [0.15, 0.2) is 381 Å². The van der Waals surface area contributed by atoms with E-state index >= 15 is 0 Å². The SMILES string of the molecule is Brc1cc(-n2c3ccccc3c3ccccc32)cc(-n2c3ccccc3c3ccccc32)c1.CC1(C)OB(c2cccc(-c3nc4c(nc5ccccn54)c4ccccc34)c2)OC1(C)C.[2HH].c1cc(-c2cc(-n3c4ccccc4c4ccccc43)cc(-n3c4ccccc4c4ccccc43)c2)cc(-c2nc3c(nc4ccccn43)c3ccccc23)c1. The molecule has 1 fully saturated rings. The molecule has 0 N–H and O–H groups in total. The summed E-state index contributed by atoms with van der Waals surface area (Å²) in [5.41, 5.74) is 25.8. The van der Waals surface area contributed by atoms with Crippen LogP contribution in [-0.4, -0.2) is 65.3 Å². The molecular formula is C106H76BBrN10O2. The van der Waals surface area contributed by atoms with E-state index in [1.807, 2.05) is 65.3 Å². The average molecular weight is 1610 g/mol. The Morgan fingerprint density at radius 3 is 0.917 bits per heavy atom. The van der Waals surface area contributed by atoms with Crippen molar-refractivity contribution in [1.82, 2.24) is 47.0 Å². The first kappa shape index (κ1) is 70.8. The Hall–Kier alpha value is -14.5. The fourth-order valence-corrected chi connectivity index (χ4v) is 18.9. The molecule has 0 unspecified atom stereocenters. The summed E-state index contributed by atoms with van der Waals surface area (Å²) in [5, 5.41) is 14.4. The maximum atomic E-state index is 6.29. The molecule has 14 heteroatoms. The zero-order valence-electron chi connectivity index (χ0n) is 66.0. The first-order valence-electron chi connectivity index (χ1n) is 40.7. The molecule has 0 saturated carbocycles. The van der Waals surface area contributed by atoms with Crippen molar-refractivity contribution in [1.29, 1.82) is 0 Å². The largest absolute Gasteiger partial charge is 0.494 e. The molecule has 0 radical (unpaired) electrons. The van der Waals surface area contributed by atoms with Crippen LogP contribution in [0.1, 0.15) is 29.1 Å². The molecule has 1 aliphatic rings. The van der Waals surface area contributed by atoms with E-state index in [2.05, 4.69) is 382 Å². The molecule has 120 heavy (non-hydrogen) atoms. The van der Waals surface area contributed by atoms with Gasteiger partial charge in [-0.2, -0.15) is 0 Å². The predicted molar refractivity (Wildman–Crippen MR) is 502 cm³/mol. The Labute approximate surface area is 700 Å². The first-order chi connectivity index (χ1) is 58.9. The second kappa shape index (κ2) is 27.8. The Bertz CT molecular complexity index is 7840. The summed E-state index contributed by atoms with van der Waals surface area (Å²) in [5.74, 6) is 0. The molecule has 0 amide bonds. The van der Waals surface area contributed by atoms with Gasteiger partial charge in [0.1, 0.15) is 22.3 Å². The predicted octanol–water partition coefficient (Wildman–Crippen LogP) is 26.5. The van der Waals surface area contributed by atoms with E-state index in [1.165, 1.54) is 87.2 Å². The van der Waals surface area contributed by atoms with E-state index in [9.17, 15) is 0 Å². The number of fused-ring (bicyclic) bond motifs is 22. The van der Waals surface area contributed by atoms with Gasteiger partial charge in [-0.25, -0.2) is 19.9 Å². The summed E-state index contributed by atoms with van der Waals surface area (Å²) in [4.78, 5) is 20.3. The molecule has 1 saturated heterocycles. The third-order valence-corrected chi connectivity index (χ3v) is 25.1. The second-order valence-electron chi connectivity index (χ2n) is 32.1. The fourth-order valence-electron chi connectivity index (χ4n) is 18.4. The third kappa shape index (κ3) is 11.4. The highest BCUT2D eigenvalue weighted by Gasteiger charge is 2.52. The molecule has 0 bridgehead atoms. The van der Waals surface area contributed by atoms with Gasteiger partial charge in [0, 0.05) is 117 Å². The molecule has 10 aromatic heterocycles. The van der Waals surface area contributed by atoms with Gasteiger partial charge >= 0.3 is 7.12 Å². The number of hydrogen-bond acceptors (Lipinski definition) is 6. The van der Waals surface area contributed by atoms with Gasteiger partial charge in [-0.05, 0) is 160 Å². The lowest BCUT2D eigenvalue weighted by atomic mass is 9.78. The molecule has 1 aliphatic heterocycles. The monoisotopic (exact) mass is 1610 g/mol. The summed E-state index contributed by atoms with van der Waals surface area (Å²) < 4.78 is 27.3. The van der Waals surface area contributed by atoms with Crippen molar-refractivity contribution >= 4 is 171 Å². The highest BCUT2D eigenvalue weighted by molar-refractivity contribution is 9.10. The van der Waals surface area contributed by atoms with Crippen LogP contribution in [0.4, 0.5) is 0 Å². The Morgan fingerprint density at radius 1 is 0.267 bits per heavy atom. The van der Waals surface area contributed by atoms with Crippen molar-refractivity contribution in [2.75, 3.05) is 0 Å². The van der Waals surface area contributed by atoms with Crippen molar-refractivity contribution in [2.24, 2.45) is 0 Å². The van der Waals surface area contributed by atoms with Crippen molar-refractivity contribution in [3.8, 4) is 56.4 Å². The van der Waals surface area contributed by atoms with Crippen molar-refractivity contribution < 1.29 is 10.7 Å². The molecule has 0 aliphatic carbocycles. The normalized spacial score (nSPS) is 13.4. The summed E-state index contributed by atoms with van der Waals surface area (Å²) in [7, 11) is -0.411. The van der Waals surface area contributed by atoms with Crippen LogP contribution in [0.5, 0.6) is 0 Å². The molecule has 0 spiro atoms. The van der Waals surface area contributed by atoms with Crippen LogP contribution in [0.2, 0.25) is 0 Å². The van der Waals surface area contributed by atoms with Gasteiger partial charge < -0.3 is 27.6 Å². The molecule has 25 rings (SSSR count). The number of benzene rings is 14. The number of para-hydroxylation sites is 8. The van der Waals surface area contributed by atoms with E-state index in [0.29, 0.717) is 0 Å². The number of halogens is 1. The molecule has 14 aromatic carbocycles. The first-order valence-corrected chi connectivity index (χ1v) is 41.5. The highest BCUT2D eigenvalue weighted by atomic mass is 79.9. The lowest BCUT2D eigenvalue weighted by Gasteiger charge is -2.32. The van der Waals surface area contributed by atoms with Gasteiger partial charge in [0.25, 0.3) is 0 Å². The van der Waals surface area contributed by atoms with Crippen LogP contribution in [0.25, 0.3) is 199 Å². The Kier molecular flexibility index (Phi) is 16.4. The van der Waals surface area contributed by atoms with E-state index in [-0.39, 0.29) is 12.6 Å². The third-order valence-electron chi connectivity index (χ3n) is 24.6. The fraction of sp³-hybridized carbons (Fsp3) is 0.0566. The van der Waals surface area contributed by atoms with Gasteiger partial charge in [-0.15, -0.1) is 0 Å². The summed E-state index contributed by atoms with van der Waals surface area (Å²) >= 11 is 3.81. The van der Waals surface area contributed by atoms with Crippen LogP contribution >= 0.6 is 15.9 Å². The minimum absolute atomic E-state index is 0. The second-order valence-corrected chi connectivity index (χ2v) is 33.0. The molecule has 0 atom stereocenters. The van der Waals surface area contributed by atoms with Crippen molar-refractivity contribution in [2.45, 2.75) is 38.9 Å². The number of rotatable bonds is 8. The number of aromatic nitrogens is 10. The molecule has 24 aromatic rings. The average Bonchev–Trinajstić information content (AvgIpc) is 1.60. The van der Waals surface area contributed by atoms with Crippen molar-refractivity contribution in [3.05, 3.63) is 381 Å². The zero-order chi connectivity index (χ0) is 80.1. The highest BCUT2D eigenvalue weighted by Crippen LogP contribution is 2.44. The summed E-state index contributed by atoms with van der Waals surface area (Å²) in [6.45, 7) is 8.30. The van der Waals surface area contributed by atoms with Crippen molar-refractivity contribution in [3.63, 3.8) is 0 Å². The molecule has 12 nitrogen and oxygen atoms in total. The smallest absolute Gasteiger partial charge is 0.399 e. The van der Waals surface area contributed by atoms with Gasteiger partial charge in [0.15, 0.2) is 11.3 Å². The minimum Gasteiger partial charge on any atom is -0.399 e. The van der Waals surface area contributed by atoms with E-state index in [0.717, 1.165) is 121 Å². The van der Waals surface area contributed by atoms with Crippen LogP contribution in [0.3, 0.4) is 0 Å². The number of hydrogen-bond donors (Lipinski definition) is 0. The van der Waals surface area contributed by atoms with Crippen LogP contribution < -0.4 is 5.46 Å². The van der Waals surface area contributed by atoms with E-state index in [1.54, 1.807) is 0 Å². The van der Waals surface area contributed by atoms with Gasteiger partial charge in [-0.3, -0.25) is 8.80 Å². The van der Waals surface area contributed by atoms with E-state index in [4.69, 9.17) is 29.2 Å². The number of imidazole rings is 2. The van der Waals surface area contributed by atoms with Gasteiger partial charge in [-0.1, -0.05) is 265 Å². The number of pyridine rings is 4. The summed E-state index contributed by atoms with van der Waals surface area (Å²) in [6, 6.07) is 129. The van der Waals surface area contributed by atoms with E-state index < -0.39 is 7.12 Å². The summed E-state index contributed by atoms with van der Waals surface area (Å²) in [6.07, 6.45) is 4.06. The Balaban J connectivity index is 0.000000115. The van der Waals surface area contributed by atoms with Gasteiger partial charge in [0.05, 0.1) is 66.7 Å². The maximum Gasteiger partial charge on any atom is 0.494 e. The molecule has 11 heterocycles. The maximum absolute atomic E-state index is 6.29. The van der Waals surface area contributed by atoms with Crippen LogP contribution in [-0.2, 0) is 9.31 Å². The topological polar surface area (TPSA) is 98.6 Å². The Morgan fingerprint density at radius 2 is 0.558 bits per heavy atom.